The van der Waals surface area contributed by atoms with Crippen LogP contribution in [0.3, 0.4) is 0 Å². The number of ether oxygens (including phenoxy) is 1. The summed E-state index contributed by atoms with van der Waals surface area (Å²) in [5.41, 5.74) is 1.79. The molecular weight excluding hydrogens is 333 g/mol. The minimum Gasteiger partial charge on any atom is -0.497 e. The van der Waals surface area contributed by atoms with E-state index in [1.54, 1.807) is 13.2 Å². The Kier molecular flexibility index (Phi) is 5.37. The molecule has 4 heteroatoms. The van der Waals surface area contributed by atoms with E-state index >= 15 is 0 Å². The van der Waals surface area contributed by atoms with Crippen molar-refractivity contribution in [3.63, 3.8) is 0 Å². The van der Waals surface area contributed by atoms with E-state index in [0.29, 0.717) is 5.56 Å². The highest BCUT2D eigenvalue weighted by molar-refractivity contribution is 9.10. The van der Waals surface area contributed by atoms with Crippen molar-refractivity contribution in [1.82, 2.24) is 5.32 Å². The zero-order valence-corrected chi connectivity index (χ0v) is 13.9. The van der Waals surface area contributed by atoms with E-state index in [-0.39, 0.29) is 17.9 Å². The Labute approximate surface area is 133 Å². The normalized spacial score (nSPS) is 13.8. The first kappa shape index (κ1) is 16.0. The van der Waals surface area contributed by atoms with Crippen LogP contribution in [0.15, 0.2) is 46.9 Å². The highest BCUT2D eigenvalue weighted by atomic mass is 79.9. The van der Waals surface area contributed by atoms with Crippen molar-refractivity contribution in [3.05, 3.63) is 63.9 Å². The molecule has 0 saturated heterocycles. The second kappa shape index (κ2) is 7.05. The third-order valence-electron chi connectivity index (χ3n) is 3.54. The van der Waals surface area contributed by atoms with E-state index in [4.69, 9.17) is 4.74 Å². The minimum absolute atomic E-state index is 0.0837. The molecule has 21 heavy (non-hydrogen) atoms. The molecule has 0 heterocycles. The van der Waals surface area contributed by atoms with Gasteiger partial charge in [0.15, 0.2) is 0 Å². The van der Waals surface area contributed by atoms with Gasteiger partial charge in [0.25, 0.3) is 0 Å². The molecule has 1 N–H and O–H groups in total. The van der Waals surface area contributed by atoms with Crippen molar-refractivity contribution in [2.45, 2.75) is 25.9 Å². The van der Waals surface area contributed by atoms with Crippen LogP contribution in [0.5, 0.6) is 5.75 Å². The molecule has 2 aromatic carbocycles. The Morgan fingerprint density at radius 1 is 1.05 bits per heavy atom. The zero-order chi connectivity index (χ0) is 15.4. The standard InChI is InChI=1S/C17H19BrFNO/c1-11(13-4-7-15(21-3)8-5-13)20-12(2)16-10-14(18)6-9-17(16)19/h4-12,20H,1-3H3/t11-,12?/m1/s1. The number of methoxy groups -OCH3 is 1. The maximum atomic E-state index is 13.9. The fourth-order valence-electron chi connectivity index (χ4n) is 2.30. The lowest BCUT2D eigenvalue weighted by Crippen LogP contribution is -2.23. The predicted molar refractivity (Wildman–Crippen MR) is 87.1 cm³/mol. The molecule has 0 aliphatic rings. The van der Waals surface area contributed by atoms with Crippen LogP contribution in [0.25, 0.3) is 0 Å². The molecule has 0 aliphatic heterocycles. The fraction of sp³-hybridized carbons (Fsp3) is 0.294. The van der Waals surface area contributed by atoms with Gasteiger partial charge in [0.2, 0.25) is 0 Å². The molecule has 2 atom stereocenters. The van der Waals surface area contributed by atoms with Gasteiger partial charge < -0.3 is 10.1 Å². The van der Waals surface area contributed by atoms with Gasteiger partial charge >= 0.3 is 0 Å². The highest BCUT2D eigenvalue weighted by Crippen LogP contribution is 2.25. The minimum atomic E-state index is -0.194. The molecule has 0 aliphatic carbocycles. The quantitative estimate of drug-likeness (QED) is 0.817. The monoisotopic (exact) mass is 351 g/mol. The molecule has 0 radical (unpaired) electrons. The smallest absolute Gasteiger partial charge is 0.128 e. The lowest BCUT2D eigenvalue weighted by atomic mass is 10.0. The van der Waals surface area contributed by atoms with Crippen LogP contribution in [0.4, 0.5) is 4.39 Å². The van der Waals surface area contributed by atoms with Crippen molar-refractivity contribution in [1.29, 1.82) is 0 Å². The number of nitrogens with one attached hydrogen (secondary N) is 1. The predicted octanol–water partition coefficient (Wildman–Crippen LogP) is 5.01. The van der Waals surface area contributed by atoms with E-state index in [2.05, 4.69) is 28.2 Å². The van der Waals surface area contributed by atoms with Crippen molar-refractivity contribution in [3.8, 4) is 5.75 Å². The maximum absolute atomic E-state index is 13.9. The van der Waals surface area contributed by atoms with E-state index < -0.39 is 0 Å². The van der Waals surface area contributed by atoms with Crippen molar-refractivity contribution in [2.75, 3.05) is 7.11 Å². The third-order valence-corrected chi connectivity index (χ3v) is 4.03. The number of rotatable bonds is 5. The van der Waals surface area contributed by atoms with E-state index in [0.717, 1.165) is 15.8 Å². The summed E-state index contributed by atoms with van der Waals surface area (Å²) >= 11 is 3.38. The molecule has 2 aromatic rings. The SMILES string of the molecule is COc1ccc([C@@H](C)NC(C)c2cc(Br)ccc2F)cc1. The van der Waals surface area contributed by atoms with Crippen LogP contribution in [0, 0.1) is 5.82 Å². The van der Waals surface area contributed by atoms with Gasteiger partial charge in [0.05, 0.1) is 7.11 Å². The lowest BCUT2D eigenvalue weighted by Gasteiger charge is -2.21. The molecule has 0 bridgehead atoms. The number of hydrogen-bond acceptors (Lipinski definition) is 2. The molecule has 0 aromatic heterocycles. The molecule has 2 rings (SSSR count). The van der Waals surface area contributed by atoms with Gasteiger partial charge in [-0.1, -0.05) is 28.1 Å². The van der Waals surface area contributed by atoms with Gasteiger partial charge in [-0.05, 0) is 49.7 Å². The van der Waals surface area contributed by atoms with Gasteiger partial charge in [0, 0.05) is 22.1 Å². The Morgan fingerprint density at radius 2 is 1.71 bits per heavy atom. The van der Waals surface area contributed by atoms with Gasteiger partial charge in [-0.25, -0.2) is 4.39 Å². The summed E-state index contributed by atoms with van der Waals surface area (Å²) in [6, 6.07) is 12.9. The second-order valence-electron chi connectivity index (χ2n) is 5.05. The van der Waals surface area contributed by atoms with Gasteiger partial charge in [-0.2, -0.15) is 0 Å². The molecule has 112 valence electrons. The Bertz CT molecular complexity index is 600. The van der Waals surface area contributed by atoms with Crippen molar-refractivity contribution in [2.24, 2.45) is 0 Å². The summed E-state index contributed by atoms with van der Waals surface area (Å²) in [6.45, 7) is 4.03. The largest absolute Gasteiger partial charge is 0.497 e. The summed E-state index contributed by atoms with van der Waals surface area (Å²) in [5, 5.41) is 3.42. The van der Waals surface area contributed by atoms with Crippen LogP contribution >= 0.6 is 15.9 Å². The van der Waals surface area contributed by atoms with Crippen molar-refractivity contribution < 1.29 is 9.13 Å². The fourth-order valence-corrected chi connectivity index (χ4v) is 2.68. The topological polar surface area (TPSA) is 21.3 Å². The summed E-state index contributed by atoms with van der Waals surface area (Å²) < 4.78 is 19.9. The van der Waals surface area contributed by atoms with Crippen LogP contribution < -0.4 is 10.1 Å². The van der Waals surface area contributed by atoms with E-state index in [1.807, 2.05) is 37.3 Å². The highest BCUT2D eigenvalue weighted by Gasteiger charge is 2.15. The summed E-state index contributed by atoms with van der Waals surface area (Å²) in [7, 11) is 1.65. The molecule has 0 amide bonds. The van der Waals surface area contributed by atoms with Crippen LogP contribution in [-0.4, -0.2) is 7.11 Å². The Balaban J connectivity index is 2.10. The van der Waals surface area contributed by atoms with Gasteiger partial charge in [0.1, 0.15) is 11.6 Å². The number of hydrogen-bond donors (Lipinski definition) is 1. The van der Waals surface area contributed by atoms with Crippen LogP contribution in [-0.2, 0) is 0 Å². The van der Waals surface area contributed by atoms with E-state index in [1.165, 1.54) is 6.07 Å². The summed E-state index contributed by atoms with van der Waals surface area (Å²) in [5.74, 6) is 0.636. The maximum Gasteiger partial charge on any atom is 0.128 e. The molecule has 0 fully saturated rings. The van der Waals surface area contributed by atoms with Crippen LogP contribution in [0.2, 0.25) is 0 Å². The molecular formula is C17H19BrFNO. The number of benzene rings is 2. The first-order valence-corrected chi connectivity index (χ1v) is 7.65. The molecule has 0 spiro atoms. The zero-order valence-electron chi connectivity index (χ0n) is 12.4. The van der Waals surface area contributed by atoms with Crippen molar-refractivity contribution >= 4 is 15.9 Å². The molecule has 0 saturated carbocycles. The summed E-state index contributed by atoms with van der Waals surface area (Å²) in [6.07, 6.45) is 0. The van der Waals surface area contributed by atoms with E-state index in [9.17, 15) is 4.39 Å². The van der Waals surface area contributed by atoms with Gasteiger partial charge in [-0.15, -0.1) is 0 Å². The number of halogens is 2. The first-order chi connectivity index (χ1) is 10.0. The average Bonchev–Trinajstić information content (AvgIpc) is 2.49. The molecule has 2 nitrogen and oxygen atoms in total. The van der Waals surface area contributed by atoms with Gasteiger partial charge in [-0.3, -0.25) is 0 Å². The first-order valence-electron chi connectivity index (χ1n) is 6.86. The molecule has 1 unspecified atom stereocenters. The third kappa shape index (κ3) is 4.05. The Hall–Kier alpha value is -1.39. The Morgan fingerprint density at radius 3 is 2.33 bits per heavy atom. The summed E-state index contributed by atoms with van der Waals surface area (Å²) in [4.78, 5) is 0. The van der Waals surface area contributed by atoms with Crippen LogP contribution in [0.1, 0.15) is 37.1 Å². The average molecular weight is 352 g/mol. The lowest BCUT2D eigenvalue weighted by molar-refractivity contribution is 0.414. The second-order valence-corrected chi connectivity index (χ2v) is 5.96.